The lowest BCUT2D eigenvalue weighted by Crippen LogP contribution is -2.41. The van der Waals surface area contributed by atoms with Crippen molar-refractivity contribution >= 4 is 33.4 Å². The Balaban J connectivity index is 1.55. The minimum absolute atomic E-state index is 0.0784. The van der Waals surface area contributed by atoms with E-state index in [0.717, 1.165) is 21.6 Å². The first kappa shape index (κ1) is 17.7. The van der Waals surface area contributed by atoms with Gasteiger partial charge < -0.3 is 5.11 Å². The molecular weight excluding hydrogens is 376 g/mol. The summed E-state index contributed by atoms with van der Waals surface area (Å²) in [4.78, 5) is 25.9. The summed E-state index contributed by atoms with van der Waals surface area (Å²) in [7, 11) is 0. The first-order valence-electron chi connectivity index (χ1n) is 8.48. The predicted octanol–water partition coefficient (Wildman–Crippen LogP) is 3.18. The zero-order valence-corrected chi connectivity index (χ0v) is 15.7. The number of para-hydroxylation sites is 2. The van der Waals surface area contributed by atoms with Crippen molar-refractivity contribution in [3.63, 3.8) is 0 Å². The highest BCUT2D eigenvalue weighted by Crippen LogP contribution is 2.30. The quantitative estimate of drug-likeness (QED) is 0.467. The molecule has 2 heterocycles. The molecule has 0 aliphatic rings. The molecule has 0 bridgehead atoms. The first-order chi connectivity index (χ1) is 13.5. The van der Waals surface area contributed by atoms with Gasteiger partial charge >= 0.3 is 0 Å². The second-order valence-corrected chi connectivity index (χ2v) is 7.12. The van der Waals surface area contributed by atoms with Crippen LogP contribution in [0.15, 0.2) is 60.7 Å². The van der Waals surface area contributed by atoms with Crippen molar-refractivity contribution in [1.82, 2.24) is 20.6 Å². The largest absolute Gasteiger partial charge is 0.507 e. The molecule has 8 heteroatoms. The number of carbonyl (C=O) groups is 2. The Hall–Kier alpha value is -3.65. The van der Waals surface area contributed by atoms with Crippen LogP contribution in [0, 0.1) is 6.92 Å². The summed E-state index contributed by atoms with van der Waals surface area (Å²) in [5, 5.41) is 15.1. The van der Waals surface area contributed by atoms with Crippen LogP contribution in [0.1, 0.15) is 25.7 Å². The molecule has 0 atom stereocenters. The van der Waals surface area contributed by atoms with Gasteiger partial charge in [0.25, 0.3) is 11.8 Å². The van der Waals surface area contributed by atoms with E-state index in [0.29, 0.717) is 4.88 Å². The summed E-state index contributed by atoms with van der Waals surface area (Å²) in [6.07, 6.45) is 0. The number of carbonyl (C=O) groups excluding carboxylic acids is 2. The smallest absolute Gasteiger partial charge is 0.279 e. The highest BCUT2D eigenvalue weighted by atomic mass is 32.1. The lowest BCUT2D eigenvalue weighted by atomic mass is 10.2. The normalized spacial score (nSPS) is 10.8. The minimum atomic E-state index is -0.598. The molecule has 0 saturated heterocycles. The van der Waals surface area contributed by atoms with Crippen molar-refractivity contribution in [3.8, 4) is 11.4 Å². The molecular formula is C20H16N4O3S. The highest BCUT2D eigenvalue weighted by Gasteiger charge is 2.18. The maximum Gasteiger partial charge on any atom is 0.279 e. The number of aromatic hydroxyl groups is 1. The van der Waals surface area contributed by atoms with Gasteiger partial charge in [-0.3, -0.25) is 20.4 Å². The standard InChI is InChI=1S/C20H16N4O3S/c1-12-15-11-17(28-20(15)24(23-12)13-7-3-2-4-8-13)19(27)22-21-18(26)14-9-5-6-10-16(14)25/h2-11,25H,1H3,(H,21,26)(H,22,27). The van der Waals surface area contributed by atoms with E-state index >= 15 is 0 Å². The van der Waals surface area contributed by atoms with Gasteiger partial charge in [0.1, 0.15) is 10.6 Å². The van der Waals surface area contributed by atoms with E-state index in [1.165, 1.54) is 23.5 Å². The number of fused-ring (bicyclic) bond motifs is 1. The van der Waals surface area contributed by atoms with Gasteiger partial charge in [-0.05, 0) is 37.3 Å². The van der Waals surface area contributed by atoms with Crippen LogP contribution < -0.4 is 10.9 Å². The van der Waals surface area contributed by atoms with Crippen LogP contribution >= 0.6 is 11.3 Å². The van der Waals surface area contributed by atoms with Crippen molar-refractivity contribution in [2.24, 2.45) is 0 Å². The van der Waals surface area contributed by atoms with E-state index in [1.807, 2.05) is 37.3 Å². The molecule has 7 nitrogen and oxygen atoms in total. The van der Waals surface area contributed by atoms with E-state index in [9.17, 15) is 14.7 Å². The third kappa shape index (κ3) is 3.21. The van der Waals surface area contributed by atoms with Gasteiger partial charge in [0.2, 0.25) is 0 Å². The Labute approximate surface area is 164 Å². The fourth-order valence-electron chi connectivity index (χ4n) is 2.81. The number of nitrogens with one attached hydrogen (secondary N) is 2. The van der Waals surface area contributed by atoms with Crippen LogP contribution in [0.4, 0.5) is 0 Å². The van der Waals surface area contributed by atoms with E-state index in [1.54, 1.807) is 22.9 Å². The van der Waals surface area contributed by atoms with Crippen LogP contribution in [0.2, 0.25) is 0 Å². The van der Waals surface area contributed by atoms with Gasteiger partial charge in [-0.1, -0.05) is 30.3 Å². The molecule has 0 aliphatic carbocycles. The number of hydrogen-bond acceptors (Lipinski definition) is 5. The number of amides is 2. The number of phenolic OH excluding ortho intramolecular Hbond substituents is 1. The summed E-state index contributed by atoms with van der Waals surface area (Å²) in [5.74, 6) is -1.20. The second kappa shape index (κ2) is 7.16. The Morgan fingerprint density at radius 2 is 1.68 bits per heavy atom. The predicted molar refractivity (Wildman–Crippen MR) is 107 cm³/mol. The van der Waals surface area contributed by atoms with Gasteiger partial charge in [0.15, 0.2) is 0 Å². The van der Waals surface area contributed by atoms with Crippen molar-refractivity contribution in [1.29, 1.82) is 0 Å². The highest BCUT2D eigenvalue weighted by molar-refractivity contribution is 7.20. The fraction of sp³-hybridized carbons (Fsp3) is 0.0500. The maximum atomic E-state index is 12.5. The van der Waals surface area contributed by atoms with Gasteiger partial charge in [-0.2, -0.15) is 5.10 Å². The lowest BCUT2D eigenvalue weighted by Gasteiger charge is -2.07. The molecule has 4 aromatic rings. The fourth-order valence-corrected chi connectivity index (χ4v) is 3.89. The summed E-state index contributed by atoms with van der Waals surface area (Å²) in [6, 6.07) is 17.5. The van der Waals surface area contributed by atoms with Crippen molar-refractivity contribution in [2.75, 3.05) is 0 Å². The monoisotopic (exact) mass is 392 g/mol. The summed E-state index contributed by atoms with van der Waals surface area (Å²) < 4.78 is 1.80. The van der Waals surface area contributed by atoms with Gasteiger partial charge in [0, 0.05) is 5.39 Å². The Morgan fingerprint density at radius 1 is 1.00 bits per heavy atom. The number of phenols is 1. The van der Waals surface area contributed by atoms with Crippen LogP contribution in [-0.2, 0) is 0 Å². The van der Waals surface area contributed by atoms with E-state index in [4.69, 9.17) is 0 Å². The van der Waals surface area contributed by atoms with Crippen LogP contribution in [0.3, 0.4) is 0 Å². The van der Waals surface area contributed by atoms with Crippen molar-refractivity contribution in [2.45, 2.75) is 6.92 Å². The van der Waals surface area contributed by atoms with Crippen LogP contribution in [0.5, 0.6) is 5.75 Å². The van der Waals surface area contributed by atoms with E-state index < -0.39 is 11.8 Å². The molecule has 2 aromatic carbocycles. The zero-order valence-electron chi connectivity index (χ0n) is 14.8. The van der Waals surface area contributed by atoms with Gasteiger partial charge in [-0.25, -0.2) is 4.68 Å². The SMILES string of the molecule is Cc1nn(-c2ccccc2)c2sc(C(=O)NNC(=O)c3ccccc3O)cc12. The first-order valence-corrected chi connectivity index (χ1v) is 9.29. The second-order valence-electron chi connectivity index (χ2n) is 6.09. The third-order valence-corrected chi connectivity index (χ3v) is 5.32. The molecule has 0 radical (unpaired) electrons. The van der Waals surface area contributed by atoms with Gasteiger partial charge in [0.05, 0.1) is 21.8 Å². The molecule has 28 heavy (non-hydrogen) atoms. The van der Waals surface area contributed by atoms with E-state index in [-0.39, 0.29) is 11.3 Å². The van der Waals surface area contributed by atoms with Gasteiger partial charge in [-0.15, -0.1) is 11.3 Å². The Morgan fingerprint density at radius 3 is 2.43 bits per heavy atom. The summed E-state index contributed by atoms with van der Waals surface area (Å²) in [5.41, 5.74) is 6.50. The topological polar surface area (TPSA) is 96.3 Å². The maximum absolute atomic E-state index is 12.5. The molecule has 140 valence electrons. The van der Waals surface area contributed by atoms with E-state index in [2.05, 4.69) is 16.0 Å². The molecule has 0 spiro atoms. The number of rotatable bonds is 3. The molecule has 2 aromatic heterocycles. The number of aryl methyl sites for hydroxylation is 1. The molecule has 0 unspecified atom stereocenters. The van der Waals surface area contributed by atoms with Crippen LogP contribution in [-0.4, -0.2) is 26.7 Å². The summed E-state index contributed by atoms with van der Waals surface area (Å²) >= 11 is 1.29. The average Bonchev–Trinajstić information content (AvgIpc) is 3.28. The van der Waals surface area contributed by atoms with Crippen LogP contribution in [0.25, 0.3) is 15.9 Å². The number of hydrogen-bond donors (Lipinski definition) is 3. The minimum Gasteiger partial charge on any atom is -0.507 e. The third-order valence-electron chi connectivity index (χ3n) is 4.21. The lowest BCUT2D eigenvalue weighted by molar-refractivity contribution is 0.0847. The zero-order chi connectivity index (χ0) is 19.7. The molecule has 4 rings (SSSR count). The molecule has 0 fully saturated rings. The number of aromatic nitrogens is 2. The number of hydrazine groups is 1. The van der Waals surface area contributed by atoms with Crippen molar-refractivity contribution < 1.29 is 14.7 Å². The number of nitrogens with zero attached hydrogens (tertiary/aromatic N) is 2. The molecule has 3 N–H and O–H groups in total. The average molecular weight is 392 g/mol. The Bertz CT molecular complexity index is 1180. The molecule has 2 amide bonds. The van der Waals surface area contributed by atoms with Crippen molar-refractivity contribution in [3.05, 3.63) is 76.8 Å². The Kier molecular flexibility index (Phi) is 4.54. The molecule has 0 aliphatic heterocycles. The number of thiophene rings is 1. The number of benzene rings is 2. The molecule has 0 saturated carbocycles. The summed E-state index contributed by atoms with van der Waals surface area (Å²) in [6.45, 7) is 1.89.